The van der Waals surface area contributed by atoms with E-state index in [9.17, 15) is 22.8 Å². The zero-order chi connectivity index (χ0) is 18.7. The van der Waals surface area contributed by atoms with Gasteiger partial charge in [-0.1, -0.05) is 5.16 Å². The molecule has 2 aromatic heterocycles. The molecule has 0 radical (unpaired) electrons. The molecule has 3 aromatic rings. The summed E-state index contributed by atoms with van der Waals surface area (Å²) < 4.78 is 43.0. The molecule has 1 N–H and O–H groups in total. The molecule has 1 aromatic carbocycles. The molecule has 0 saturated carbocycles. The third-order valence-electron chi connectivity index (χ3n) is 3.25. The molecule has 3 rings (SSSR count). The number of nitrogens with zero attached hydrogens (tertiary/aromatic N) is 4. The maximum atomic E-state index is 12.5. The van der Waals surface area contributed by atoms with Gasteiger partial charge in [-0.25, -0.2) is 19.3 Å². The summed E-state index contributed by atoms with van der Waals surface area (Å²) in [6, 6.07) is 5.45. The van der Waals surface area contributed by atoms with Gasteiger partial charge in [-0.05, 0) is 30.3 Å². The molecular formula is C15H10F3N5O3. The predicted octanol–water partition coefficient (Wildman–Crippen LogP) is 1.95. The Hall–Kier alpha value is -3.50. The number of aromatic nitrogens is 4. The lowest BCUT2D eigenvalue weighted by Crippen LogP contribution is -2.25. The SMILES string of the molecule is O=C(Cn1c(-c2ncccn2)noc1=O)Nc1ccc(C(F)(F)F)cc1. The van der Waals surface area contributed by atoms with Crippen molar-refractivity contribution in [1.29, 1.82) is 0 Å². The summed E-state index contributed by atoms with van der Waals surface area (Å²) in [5, 5.41) is 5.92. The number of hydrogen-bond acceptors (Lipinski definition) is 6. The number of amides is 1. The molecule has 134 valence electrons. The van der Waals surface area contributed by atoms with E-state index in [0.29, 0.717) is 0 Å². The minimum Gasteiger partial charge on any atom is -0.325 e. The number of benzene rings is 1. The Morgan fingerprint density at radius 1 is 1.15 bits per heavy atom. The standard InChI is InChI=1S/C15H10F3N5O3/c16-15(17,18)9-2-4-10(5-3-9)21-11(24)8-23-13(22-26-14(23)25)12-19-6-1-7-20-12/h1-7H,8H2,(H,21,24). The van der Waals surface area contributed by atoms with E-state index in [1.807, 2.05) is 0 Å². The molecule has 0 unspecified atom stereocenters. The molecule has 2 heterocycles. The van der Waals surface area contributed by atoms with Crippen molar-refractivity contribution < 1.29 is 22.5 Å². The summed E-state index contributed by atoms with van der Waals surface area (Å²) in [7, 11) is 0. The van der Waals surface area contributed by atoms with Crippen LogP contribution in [0, 0.1) is 0 Å². The van der Waals surface area contributed by atoms with Crippen LogP contribution in [0.3, 0.4) is 0 Å². The largest absolute Gasteiger partial charge is 0.442 e. The first-order chi connectivity index (χ1) is 12.3. The van der Waals surface area contributed by atoms with Crippen LogP contribution in [0.25, 0.3) is 11.6 Å². The Morgan fingerprint density at radius 3 is 2.42 bits per heavy atom. The van der Waals surface area contributed by atoms with Crippen molar-refractivity contribution in [3.05, 3.63) is 58.8 Å². The maximum Gasteiger partial charge on any atom is 0.442 e. The smallest absolute Gasteiger partial charge is 0.325 e. The second kappa shape index (κ2) is 6.78. The maximum absolute atomic E-state index is 12.5. The number of nitrogens with one attached hydrogen (secondary N) is 1. The lowest BCUT2D eigenvalue weighted by atomic mass is 10.2. The van der Waals surface area contributed by atoms with E-state index in [4.69, 9.17) is 0 Å². The summed E-state index contributed by atoms with van der Waals surface area (Å²) in [6.45, 7) is -0.475. The van der Waals surface area contributed by atoms with Crippen molar-refractivity contribution in [2.45, 2.75) is 12.7 Å². The highest BCUT2D eigenvalue weighted by Crippen LogP contribution is 2.29. The van der Waals surface area contributed by atoms with E-state index >= 15 is 0 Å². The minimum atomic E-state index is -4.47. The van der Waals surface area contributed by atoms with Crippen molar-refractivity contribution in [2.75, 3.05) is 5.32 Å². The van der Waals surface area contributed by atoms with Gasteiger partial charge in [0.2, 0.25) is 11.7 Å². The molecule has 0 saturated heterocycles. The summed E-state index contributed by atoms with van der Waals surface area (Å²) in [6.07, 6.45) is -1.62. The Labute approximate surface area is 143 Å². The van der Waals surface area contributed by atoms with Crippen LogP contribution in [-0.4, -0.2) is 25.6 Å². The molecule has 0 atom stereocenters. The molecule has 26 heavy (non-hydrogen) atoms. The predicted molar refractivity (Wildman–Crippen MR) is 81.9 cm³/mol. The lowest BCUT2D eigenvalue weighted by molar-refractivity contribution is -0.137. The number of carbonyl (C=O) groups excluding carboxylic acids is 1. The Bertz CT molecular complexity index is 965. The van der Waals surface area contributed by atoms with E-state index in [-0.39, 0.29) is 17.3 Å². The fourth-order valence-corrected chi connectivity index (χ4v) is 2.07. The van der Waals surface area contributed by atoms with Crippen LogP contribution < -0.4 is 11.1 Å². The van der Waals surface area contributed by atoms with Crippen LogP contribution in [0.2, 0.25) is 0 Å². The van der Waals surface area contributed by atoms with Gasteiger partial charge in [-0.3, -0.25) is 9.32 Å². The van der Waals surface area contributed by atoms with Crippen molar-refractivity contribution >= 4 is 11.6 Å². The van der Waals surface area contributed by atoms with E-state index in [0.717, 1.165) is 28.8 Å². The quantitative estimate of drug-likeness (QED) is 0.758. The zero-order valence-corrected chi connectivity index (χ0v) is 12.9. The summed E-state index contributed by atoms with van der Waals surface area (Å²) in [5.74, 6) is -1.51. The van der Waals surface area contributed by atoms with Crippen molar-refractivity contribution in [2.24, 2.45) is 0 Å². The molecule has 11 heteroatoms. The van der Waals surface area contributed by atoms with Gasteiger partial charge in [0, 0.05) is 18.1 Å². The van der Waals surface area contributed by atoms with Gasteiger partial charge in [0.15, 0.2) is 5.82 Å². The third kappa shape index (κ3) is 3.77. The molecule has 0 fully saturated rings. The monoisotopic (exact) mass is 365 g/mol. The average molecular weight is 365 g/mol. The normalized spacial score (nSPS) is 11.3. The van der Waals surface area contributed by atoms with Crippen LogP contribution in [0.4, 0.5) is 18.9 Å². The highest BCUT2D eigenvalue weighted by atomic mass is 19.4. The van der Waals surface area contributed by atoms with Gasteiger partial charge < -0.3 is 5.32 Å². The zero-order valence-electron chi connectivity index (χ0n) is 12.9. The van der Waals surface area contributed by atoms with Crippen LogP contribution in [0.15, 0.2) is 52.0 Å². The third-order valence-corrected chi connectivity index (χ3v) is 3.25. The molecule has 0 spiro atoms. The first kappa shape index (κ1) is 17.3. The molecule has 0 bridgehead atoms. The molecular weight excluding hydrogens is 355 g/mol. The van der Waals surface area contributed by atoms with Gasteiger partial charge in [0.25, 0.3) is 0 Å². The number of rotatable bonds is 4. The molecule has 0 aliphatic heterocycles. The first-order valence-corrected chi connectivity index (χ1v) is 7.15. The van der Waals surface area contributed by atoms with Crippen molar-refractivity contribution in [3.63, 3.8) is 0 Å². The Balaban J connectivity index is 1.75. The van der Waals surface area contributed by atoms with E-state index in [2.05, 4.69) is 25.0 Å². The highest BCUT2D eigenvalue weighted by Gasteiger charge is 2.30. The van der Waals surface area contributed by atoms with Gasteiger partial charge in [0.1, 0.15) is 6.54 Å². The first-order valence-electron chi connectivity index (χ1n) is 7.15. The van der Waals surface area contributed by atoms with E-state index in [1.54, 1.807) is 6.07 Å². The summed E-state index contributed by atoms with van der Waals surface area (Å²) in [4.78, 5) is 31.7. The topological polar surface area (TPSA) is 103 Å². The number of anilines is 1. The Morgan fingerprint density at radius 2 is 1.81 bits per heavy atom. The minimum absolute atomic E-state index is 0.0434. The summed E-state index contributed by atoms with van der Waals surface area (Å²) >= 11 is 0. The van der Waals surface area contributed by atoms with Crippen LogP contribution in [0.1, 0.15) is 5.56 Å². The van der Waals surface area contributed by atoms with Crippen molar-refractivity contribution in [3.8, 4) is 11.6 Å². The fourth-order valence-electron chi connectivity index (χ4n) is 2.07. The lowest BCUT2D eigenvalue weighted by Gasteiger charge is -2.09. The highest BCUT2D eigenvalue weighted by molar-refractivity contribution is 5.90. The van der Waals surface area contributed by atoms with Gasteiger partial charge in [0.05, 0.1) is 5.56 Å². The summed E-state index contributed by atoms with van der Waals surface area (Å²) in [5.41, 5.74) is -0.695. The number of hydrogen-bond donors (Lipinski definition) is 1. The average Bonchev–Trinajstić information content (AvgIpc) is 2.96. The molecule has 0 aliphatic carbocycles. The van der Waals surface area contributed by atoms with Crippen LogP contribution >= 0.6 is 0 Å². The van der Waals surface area contributed by atoms with E-state index < -0.39 is 29.9 Å². The number of halogens is 3. The Kier molecular flexibility index (Phi) is 4.52. The van der Waals surface area contributed by atoms with Crippen LogP contribution in [0.5, 0.6) is 0 Å². The van der Waals surface area contributed by atoms with Crippen LogP contribution in [-0.2, 0) is 17.5 Å². The fraction of sp³-hybridized carbons (Fsp3) is 0.133. The van der Waals surface area contributed by atoms with Gasteiger partial charge in [-0.15, -0.1) is 0 Å². The molecule has 8 nitrogen and oxygen atoms in total. The van der Waals surface area contributed by atoms with Crippen molar-refractivity contribution in [1.82, 2.24) is 19.7 Å². The second-order valence-electron chi connectivity index (χ2n) is 5.05. The van der Waals surface area contributed by atoms with E-state index in [1.165, 1.54) is 12.4 Å². The molecule has 0 aliphatic rings. The number of alkyl halides is 3. The number of carbonyl (C=O) groups is 1. The molecule has 1 amide bonds. The van der Waals surface area contributed by atoms with Gasteiger partial charge in [-0.2, -0.15) is 13.2 Å². The van der Waals surface area contributed by atoms with Gasteiger partial charge >= 0.3 is 11.9 Å². The second-order valence-corrected chi connectivity index (χ2v) is 5.05.